The van der Waals surface area contributed by atoms with Gasteiger partial charge in [0, 0.05) is 26.2 Å². The van der Waals surface area contributed by atoms with E-state index in [4.69, 9.17) is 4.74 Å². The van der Waals surface area contributed by atoms with Gasteiger partial charge in [-0.05, 0) is 50.3 Å². The Morgan fingerprint density at radius 2 is 1.52 bits per heavy atom. The second-order valence-corrected chi connectivity index (χ2v) is 9.72. The minimum absolute atomic E-state index is 0.132. The Balaban J connectivity index is 1.68. The number of ether oxygens (including phenoxy) is 1. The third-order valence-electron chi connectivity index (χ3n) is 5.64. The van der Waals surface area contributed by atoms with Crippen molar-refractivity contribution in [2.24, 2.45) is 0 Å². The van der Waals surface area contributed by atoms with Crippen molar-refractivity contribution >= 4 is 21.9 Å². The van der Waals surface area contributed by atoms with Gasteiger partial charge in [0.15, 0.2) is 6.61 Å². The molecule has 2 aliphatic rings. The lowest BCUT2D eigenvalue weighted by atomic mass is 10.1. The van der Waals surface area contributed by atoms with E-state index in [-0.39, 0.29) is 23.0 Å². The standard InChI is InChI=1S/C21H30N2O5S/c1-17-9-10-18(15-19(17)29(26,27)23-13-7-4-8-14-23)21(25)28-16-20(24)22-11-5-2-3-6-12-22/h9-10,15H,2-8,11-14,16H2,1H3. The predicted molar refractivity (Wildman–Crippen MR) is 109 cm³/mol. The van der Waals surface area contributed by atoms with Crippen LogP contribution in [-0.2, 0) is 19.6 Å². The number of piperidine rings is 1. The summed E-state index contributed by atoms with van der Waals surface area (Å²) in [5.41, 5.74) is 0.739. The van der Waals surface area contributed by atoms with E-state index >= 15 is 0 Å². The second kappa shape index (κ2) is 9.71. The monoisotopic (exact) mass is 422 g/mol. The lowest BCUT2D eigenvalue weighted by Gasteiger charge is -2.26. The summed E-state index contributed by atoms with van der Waals surface area (Å²) in [6.07, 6.45) is 6.88. The molecule has 0 atom stereocenters. The summed E-state index contributed by atoms with van der Waals surface area (Å²) >= 11 is 0. The van der Waals surface area contributed by atoms with Crippen molar-refractivity contribution in [2.45, 2.75) is 56.8 Å². The van der Waals surface area contributed by atoms with E-state index in [1.165, 1.54) is 10.4 Å². The Kier molecular flexibility index (Phi) is 7.29. The summed E-state index contributed by atoms with van der Waals surface area (Å²) in [4.78, 5) is 26.7. The smallest absolute Gasteiger partial charge is 0.338 e. The highest BCUT2D eigenvalue weighted by Gasteiger charge is 2.28. The third kappa shape index (κ3) is 5.36. The van der Waals surface area contributed by atoms with Gasteiger partial charge in [0.1, 0.15) is 0 Å². The van der Waals surface area contributed by atoms with E-state index in [0.717, 1.165) is 44.9 Å². The molecule has 3 rings (SSSR count). The van der Waals surface area contributed by atoms with E-state index < -0.39 is 16.0 Å². The van der Waals surface area contributed by atoms with Crippen LogP contribution >= 0.6 is 0 Å². The van der Waals surface area contributed by atoms with Crippen LogP contribution in [0.2, 0.25) is 0 Å². The van der Waals surface area contributed by atoms with Crippen molar-refractivity contribution in [3.63, 3.8) is 0 Å². The molecule has 2 saturated heterocycles. The van der Waals surface area contributed by atoms with E-state index in [1.54, 1.807) is 24.0 Å². The number of aryl methyl sites for hydroxylation is 1. The van der Waals surface area contributed by atoms with Crippen LogP contribution in [0.5, 0.6) is 0 Å². The molecule has 1 aromatic carbocycles. The first kappa shape index (κ1) is 21.8. The van der Waals surface area contributed by atoms with Gasteiger partial charge in [-0.3, -0.25) is 4.79 Å². The number of hydrogen-bond acceptors (Lipinski definition) is 5. The highest BCUT2D eigenvalue weighted by molar-refractivity contribution is 7.89. The first-order valence-corrected chi connectivity index (χ1v) is 11.9. The number of benzene rings is 1. The largest absolute Gasteiger partial charge is 0.452 e. The molecule has 0 spiro atoms. The van der Waals surface area contributed by atoms with E-state index in [2.05, 4.69) is 0 Å². The molecule has 1 amide bonds. The summed E-state index contributed by atoms with van der Waals surface area (Å²) in [7, 11) is -3.65. The molecular weight excluding hydrogens is 392 g/mol. The topological polar surface area (TPSA) is 84.0 Å². The van der Waals surface area contributed by atoms with Crippen LogP contribution in [0.3, 0.4) is 0 Å². The van der Waals surface area contributed by atoms with Crippen molar-refractivity contribution in [2.75, 3.05) is 32.8 Å². The maximum absolute atomic E-state index is 13.0. The van der Waals surface area contributed by atoms with Crippen molar-refractivity contribution in [1.29, 1.82) is 0 Å². The summed E-state index contributed by atoms with van der Waals surface area (Å²) in [6, 6.07) is 4.53. The average molecular weight is 423 g/mol. The molecule has 0 N–H and O–H groups in total. The van der Waals surface area contributed by atoms with Gasteiger partial charge in [0.25, 0.3) is 5.91 Å². The van der Waals surface area contributed by atoms with Gasteiger partial charge < -0.3 is 9.64 Å². The van der Waals surface area contributed by atoms with Gasteiger partial charge in [-0.2, -0.15) is 4.31 Å². The van der Waals surface area contributed by atoms with E-state index in [0.29, 0.717) is 31.7 Å². The minimum atomic E-state index is -3.65. The van der Waals surface area contributed by atoms with Crippen molar-refractivity contribution < 1.29 is 22.7 Å². The molecule has 1 aromatic rings. The van der Waals surface area contributed by atoms with Crippen LogP contribution in [0.15, 0.2) is 23.1 Å². The number of rotatable bonds is 5. The normalized spacial score (nSPS) is 18.9. The van der Waals surface area contributed by atoms with Crippen molar-refractivity contribution in [3.05, 3.63) is 29.3 Å². The number of sulfonamides is 1. The SMILES string of the molecule is Cc1ccc(C(=O)OCC(=O)N2CCCCCC2)cc1S(=O)(=O)N1CCCCC1. The fourth-order valence-electron chi connectivity index (χ4n) is 3.87. The van der Waals surface area contributed by atoms with Crippen molar-refractivity contribution in [3.8, 4) is 0 Å². The Morgan fingerprint density at radius 1 is 0.931 bits per heavy atom. The zero-order valence-corrected chi connectivity index (χ0v) is 17.9. The Morgan fingerprint density at radius 3 is 2.17 bits per heavy atom. The molecule has 2 fully saturated rings. The molecule has 0 aliphatic carbocycles. The third-order valence-corrected chi connectivity index (χ3v) is 7.68. The number of hydrogen-bond donors (Lipinski definition) is 0. The van der Waals surface area contributed by atoms with Gasteiger partial charge in [-0.25, -0.2) is 13.2 Å². The summed E-state index contributed by atoms with van der Waals surface area (Å²) in [5.74, 6) is -0.878. The molecule has 0 bridgehead atoms. The zero-order valence-electron chi connectivity index (χ0n) is 17.1. The molecule has 2 aliphatic heterocycles. The first-order chi connectivity index (χ1) is 13.9. The van der Waals surface area contributed by atoms with Gasteiger partial charge in [0.2, 0.25) is 10.0 Å². The number of nitrogens with zero attached hydrogens (tertiary/aromatic N) is 2. The van der Waals surface area contributed by atoms with Gasteiger partial charge in [0.05, 0.1) is 10.5 Å². The van der Waals surface area contributed by atoms with Gasteiger partial charge >= 0.3 is 5.97 Å². The number of likely N-dealkylation sites (tertiary alicyclic amines) is 1. The van der Waals surface area contributed by atoms with Crippen LogP contribution < -0.4 is 0 Å². The summed E-state index contributed by atoms with van der Waals surface area (Å²) in [5, 5.41) is 0. The summed E-state index contributed by atoms with van der Waals surface area (Å²) < 4.78 is 32.7. The highest BCUT2D eigenvalue weighted by atomic mass is 32.2. The molecule has 0 radical (unpaired) electrons. The summed E-state index contributed by atoms with van der Waals surface area (Å²) in [6.45, 7) is 3.79. The van der Waals surface area contributed by atoms with Crippen LogP contribution in [0.4, 0.5) is 0 Å². The molecule has 160 valence electrons. The lowest BCUT2D eigenvalue weighted by Crippen LogP contribution is -2.36. The Bertz CT molecular complexity index is 839. The van der Waals surface area contributed by atoms with Crippen LogP contribution in [0, 0.1) is 6.92 Å². The van der Waals surface area contributed by atoms with Crippen LogP contribution in [-0.4, -0.2) is 62.3 Å². The number of carbonyl (C=O) groups excluding carboxylic acids is 2. The van der Waals surface area contributed by atoms with E-state index in [9.17, 15) is 18.0 Å². The lowest BCUT2D eigenvalue weighted by molar-refractivity contribution is -0.134. The first-order valence-electron chi connectivity index (χ1n) is 10.5. The number of amides is 1. The molecule has 2 heterocycles. The van der Waals surface area contributed by atoms with Gasteiger partial charge in [-0.15, -0.1) is 0 Å². The minimum Gasteiger partial charge on any atom is -0.452 e. The molecule has 7 nitrogen and oxygen atoms in total. The number of carbonyl (C=O) groups is 2. The Labute approximate surface area is 173 Å². The second-order valence-electron chi connectivity index (χ2n) is 7.82. The quantitative estimate of drug-likeness (QED) is 0.681. The molecule has 0 saturated carbocycles. The predicted octanol–water partition coefficient (Wildman–Crippen LogP) is 2.73. The maximum atomic E-state index is 13.0. The van der Waals surface area contributed by atoms with Gasteiger partial charge in [-0.1, -0.05) is 25.3 Å². The fraction of sp³-hybridized carbons (Fsp3) is 0.619. The average Bonchev–Trinajstić information content (AvgIpc) is 3.02. The maximum Gasteiger partial charge on any atom is 0.338 e. The molecular formula is C21H30N2O5S. The number of esters is 1. The highest BCUT2D eigenvalue weighted by Crippen LogP contribution is 2.24. The Hall–Kier alpha value is -1.93. The van der Waals surface area contributed by atoms with E-state index in [1.807, 2.05) is 0 Å². The zero-order chi connectivity index (χ0) is 20.9. The van der Waals surface area contributed by atoms with Crippen LogP contribution in [0.1, 0.15) is 60.9 Å². The molecule has 29 heavy (non-hydrogen) atoms. The van der Waals surface area contributed by atoms with Crippen molar-refractivity contribution in [1.82, 2.24) is 9.21 Å². The molecule has 0 unspecified atom stereocenters. The van der Waals surface area contributed by atoms with Crippen LogP contribution in [0.25, 0.3) is 0 Å². The fourth-order valence-corrected chi connectivity index (χ4v) is 5.64. The molecule has 8 heteroatoms. The molecule has 0 aromatic heterocycles.